The molecule has 0 spiro atoms. The van der Waals surface area contributed by atoms with Gasteiger partial charge in [0.15, 0.2) is 11.6 Å². The van der Waals surface area contributed by atoms with E-state index in [-0.39, 0.29) is 11.9 Å². The van der Waals surface area contributed by atoms with Crippen LogP contribution in [-0.2, 0) is 20.7 Å². The van der Waals surface area contributed by atoms with Crippen molar-refractivity contribution in [2.24, 2.45) is 0 Å². The second kappa shape index (κ2) is 5.68. The van der Waals surface area contributed by atoms with Gasteiger partial charge in [0.25, 0.3) is 0 Å². The van der Waals surface area contributed by atoms with E-state index in [0.717, 1.165) is 12.0 Å². The van der Waals surface area contributed by atoms with Gasteiger partial charge in [-0.05, 0) is 25.8 Å². The van der Waals surface area contributed by atoms with Crippen LogP contribution in [0.5, 0.6) is 0 Å². The first-order valence-corrected chi connectivity index (χ1v) is 6.57. The average molecular weight is 260 g/mol. The molecular weight excluding hydrogens is 240 g/mol. The van der Waals surface area contributed by atoms with Gasteiger partial charge in [0.1, 0.15) is 12.2 Å². The number of carbonyl (C=O) groups excluding carboxylic acids is 1. The van der Waals surface area contributed by atoms with E-state index in [9.17, 15) is 4.79 Å². The zero-order valence-electron chi connectivity index (χ0n) is 11.5. The maximum atomic E-state index is 12.2. The van der Waals surface area contributed by atoms with Gasteiger partial charge in [-0.25, -0.2) is 0 Å². The number of aryl methyl sites for hydroxylation is 1. The molecule has 0 amide bonds. The van der Waals surface area contributed by atoms with E-state index in [1.165, 1.54) is 0 Å². The molecule has 2 rings (SSSR count). The van der Waals surface area contributed by atoms with Gasteiger partial charge in [0, 0.05) is 6.42 Å². The van der Waals surface area contributed by atoms with Crippen LogP contribution >= 0.6 is 0 Å². The molecular formula is C16H20O3. The topological polar surface area (TPSA) is 35.5 Å². The van der Waals surface area contributed by atoms with Crippen LogP contribution in [0.2, 0.25) is 0 Å². The second-order valence-corrected chi connectivity index (χ2v) is 5.21. The lowest BCUT2D eigenvalue weighted by Gasteiger charge is -2.16. The zero-order valence-corrected chi connectivity index (χ0v) is 11.5. The lowest BCUT2D eigenvalue weighted by atomic mass is 10.0. The molecule has 1 aromatic carbocycles. The molecule has 2 atom stereocenters. The Bertz CT molecular complexity index is 450. The standard InChI is InChI=1S/C16H20O3/c1-4-14-15(19-16(2,3)18-14)13(17)11-10-12-8-6-5-7-9-12/h4-9,14-15H,1,10-11H2,2-3H3. The number of ether oxygens (including phenoxy) is 2. The maximum absolute atomic E-state index is 12.2. The number of carbonyl (C=O) groups is 1. The minimum absolute atomic E-state index is 0.0688. The number of benzene rings is 1. The third kappa shape index (κ3) is 3.52. The average Bonchev–Trinajstić information content (AvgIpc) is 2.72. The SMILES string of the molecule is C=CC1OC(C)(C)OC1C(=O)CCc1ccccc1. The summed E-state index contributed by atoms with van der Waals surface area (Å²) in [6.07, 6.45) is 1.94. The molecule has 0 aromatic heterocycles. The van der Waals surface area contributed by atoms with Crippen molar-refractivity contribution < 1.29 is 14.3 Å². The molecule has 1 heterocycles. The van der Waals surface area contributed by atoms with Gasteiger partial charge in [-0.1, -0.05) is 36.4 Å². The Hall–Kier alpha value is -1.45. The predicted molar refractivity (Wildman–Crippen MR) is 73.8 cm³/mol. The Kier molecular flexibility index (Phi) is 4.17. The molecule has 3 nitrogen and oxygen atoms in total. The minimum Gasteiger partial charge on any atom is -0.340 e. The van der Waals surface area contributed by atoms with Crippen LogP contribution in [0.15, 0.2) is 43.0 Å². The molecule has 0 bridgehead atoms. The van der Waals surface area contributed by atoms with Crippen LogP contribution in [0, 0.1) is 0 Å². The number of Topliss-reactive ketones (excluding diaryl/α,β-unsaturated/α-hetero) is 1. The van der Waals surface area contributed by atoms with Crippen molar-refractivity contribution in [2.45, 2.75) is 44.7 Å². The van der Waals surface area contributed by atoms with Crippen molar-refractivity contribution in [3.8, 4) is 0 Å². The molecule has 3 heteroatoms. The first-order chi connectivity index (χ1) is 9.02. The summed E-state index contributed by atoms with van der Waals surface area (Å²) in [5.41, 5.74) is 1.16. The van der Waals surface area contributed by atoms with Crippen LogP contribution in [0.3, 0.4) is 0 Å². The Morgan fingerprint density at radius 2 is 2.00 bits per heavy atom. The molecule has 0 aliphatic carbocycles. The van der Waals surface area contributed by atoms with Crippen LogP contribution in [0.4, 0.5) is 0 Å². The zero-order chi connectivity index (χ0) is 13.9. The highest BCUT2D eigenvalue weighted by atomic mass is 16.8. The molecule has 1 aromatic rings. The highest BCUT2D eigenvalue weighted by molar-refractivity contribution is 5.84. The highest BCUT2D eigenvalue weighted by Gasteiger charge is 2.43. The summed E-state index contributed by atoms with van der Waals surface area (Å²) < 4.78 is 11.3. The maximum Gasteiger partial charge on any atom is 0.165 e. The molecule has 2 unspecified atom stereocenters. The fourth-order valence-corrected chi connectivity index (χ4v) is 2.27. The van der Waals surface area contributed by atoms with Crippen molar-refractivity contribution in [1.29, 1.82) is 0 Å². The van der Waals surface area contributed by atoms with E-state index >= 15 is 0 Å². The summed E-state index contributed by atoms with van der Waals surface area (Å²) >= 11 is 0. The third-order valence-corrected chi connectivity index (χ3v) is 3.18. The molecule has 19 heavy (non-hydrogen) atoms. The van der Waals surface area contributed by atoms with Crippen LogP contribution in [0.1, 0.15) is 25.8 Å². The first-order valence-electron chi connectivity index (χ1n) is 6.57. The Morgan fingerprint density at radius 3 is 2.63 bits per heavy atom. The van der Waals surface area contributed by atoms with Gasteiger partial charge < -0.3 is 9.47 Å². The summed E-state index contributed by atoms with van der Waals surface area (Å²) in [5, 5.41) is 0. The lowest BCUT2D eigenvalue weighted by Crippen LogP contribution is -2.30. The molecule has 102 valence electrons. The number of hydrogen-bond acceptors (Lipinski definition) is 3. The van der Waals surface area contributed by atoms with Crippen molar-refractivity contribution in [2.75, 3.05) is 0 Å². The van der Waals surface area contributed by atoms with Crippen LogP contribution < -0.4 is 0 Å². The Balaban J connectivity index is 1.94. The van der Waals surface area contributed by atoms with E-state index in [0.29, 0.717) is 6.42 Å². The number of ketones is 1. The van der Waals surface area contributed by atoms with Crippen LogP contribution in [0.25, 0.3) is 0 Å². The minimum atomic E-state index is -0.716. The van der Waals surface area contributed by atoms with Gasteiger partial charge >= 0.3 is 0 Å². The van der Waals surface area contributed by atoms with Gasteiger partial charge in [-0.3, -0.25) is 4.79 Å². The van der Waals surface area contributed by atoms with E-state index < -0.39 is 11.9 Å². The second-order valence-electron chi connectivity index (χ2n) is 5.21. The molecule has 0 N–H and O–H groups in total. The predicted octanol–water partition coefficient (Wildman–Crippen LogP) is 2.89. The monoisotopic (exact) mass is 260 g/mol. The molecule has 1 saturated heterocycles. The molecule has 0 saturated carbocycles. The van der Waals surface area contributed by atoms with Gasteiger partial charge in [0.2, 0.25) is 0 Å². The normalized spacial score (nSPS) is 25.2. The van der Waals surface area contributed by atoms with E-state index in [2.05, 4.69) is 6.58 Å². The number of rotatable bonds is 5. The van der Waals surface area contributed by atoms with Crippen molar-refractivity contribution in [3.05, 3.63) is 48.6 Å². The van der Waals surface area contributed by atoms with Gasteiger partial charge in [-0.2, -0.15) is 0 Å². The summed E-state index contributed by atoms with van der Waals surface area (Å²) in [6, 6.07) is 9.97. The van der Waals surface area contributed by atoms with Gasteiger partial charge in [-0.15, -0.1) is 6.58 Å². The van der Waals surface area contributed by atoms with E-state index in [1.54, 1.807) is 6.08 Å². The summed E-state index contributed by atoms with van der Waals surface area (Å²) in [5.74, 6) is -0.648. The van der Waals surface area contributed by atoms with Gasteiger partial charge in [0.05, 0.1) is 0 Å². The molecule has 0 radical (unpaired) electrons. The van der Waals surface area contributed by atoms with E-state index in [4.69, 9.17) is 9.47 Å². The smallest absolute Gasteiger partial charge is 0.165 e. The third-order valence-electron chi connectivity index (χ3n) is 3.18. The van der Waals surface area contributed by atoms with Crippen molar-refractivity contribution in [3.63, 3.8) is 0 Å². The lowest BCUT2D eigenvalue weighted by molar-refractivity contribution is -0.153. The molecule has 1 fully saturated rings. The Labute approximate surface area is 114 Å². The Morgan fingerprint density at radius 1 is 1.32 bits per heavy atom. The summed E-state index contributed by atoms with van der Waals surface area (Å²) in [6.45, 7) is 7.33. The van der Waals surface area contributed by atoms with Crippen molar-refractivity contribution >= 4 is 5.78 Å². The summed E-state index contributed by atoms with van der Waals surface area (Å²) in [4.78, 5) is 12.2. The number of hydrogen-bond donors (Lipinski definition) is 0. The molecule has 1 aliphatic rings. The highest BCUT2D eigenvalue weighted by Crippen LogP contribution is 2.29. The fourth-order valence-electron chi connectivity index (χ4n) is 2.27. The first kappa shape index (κ1) is 14.0. The quantitative estimate of drug-likeness (QED) is 0.764. The summed E-state index contributed by atoms with van der Waals surface area (Å²) in [7, 11) is 0. The van der Waals surface area contributed by atoms with E-state index in [1.807, 2.05) is 44.2 Å². The van der Waals surface area contributed by atoms with Crippen LogP contribution in [-0.4, -0.2) is 23.8 Å². The van der Waals surface area contributed by atoms with Crippen molar-refractivity contribution in [1.82, 2.24) is 0 Å². The fraction of sp³-hybridized carbons (Fsp3) is 0.438. The molecule has 1 aliphatic heterocycles. The largest absolute Gasteiger partial charge is 0.340 e.